The van der Waals surface area contributed by atoms with Gasteiger partial charge in [-0.1, -0.05) is 6.92 Å². The lowest BCUT2D eigenvalue weighted by Crippen LogP contribution is -2.45. The number of sulfonamides is 1. The summed E-state index contributed by atoms with van der Waals surface area (Å²) < 4.78 is 72.4. The van der Waals surface area contributed by atoms with Crippen LogP contribution in [0, 0.1) is 11.8 Å². The summed E-state index contributed by atoms with van der Waals surface area (Å²) in [4.78, 5) is 17.8. The number of nitrogens with one attached hydrogen (secondary N) is 1. The largest absolute Gasteiger partial charge is 0.443 e. The van der Waals surface area contributed by atoms with Crippen LogP contribution in [0.3, 0.4) is 0 Å². The van der Waals surface area contributed by atoms with Crippen molar-refractivity contribution in [2.24, 2.45) is 11.8 Å². The highest BCUT2D eigenvalue weighted by Crippen LogP contribution is 2.39. The molecule has 1 aliphatic heterocycles. The summed E-state index contributed by atoms with van der Waals surface area (Å²) in [7, 11) is -3.96. The molecule has 0 unspecified atom stereocenters. The molecule has 2 atom stereocenters. The Labute approximate surface area is 191 Å². The van der Waals surface area contributed by atoms with Crippen LogP contribution in [0.4, 0.5) is 23.7 Å². The van der Waals surface area contributed by atoms with Crippen molar-refractivity contribution < 1.29 is 31.1 Å². The molecular weight excluding hydrogens is 459 g/mol. The molecule has 1 saturated heterocycles. The van der Waals surface area contributed by atoms with Gasteiger partial charge in [0.2, 0.25) is 10.0 Å². The fourth-order valence-electron chi connectivity index (χ4n) is 4.24. The predicted molar refractivity (Wildman–Crippen MR) is 119 cm³/mol. The monoisotopic (exact) mass is 487 g/mol. The zero-order valence-corrected chi connectivity index (χ0v) is 19.8. The molecule has 1 N–H and O–H groups in total. The zero-order valence-electron chi connectivity index (χ0n) is 18.9. The number of anilines is 1. The molecule has 11 heteroatoms. The predicted octanol–water partition coefficient (Wildman–Crippen LogP) is 4.57. The summed E-state index contributed by atoms with van der Waals surface area (Å²) in [5, 5.41) is 0.356. The average molecular weight is 488 g/mol. The highest BCUT2D eigenvalue weighted by molar-refractivity contribution is 7.90. The number of hydrogen-bond acceptors (Lipinski definition) is 6. The number of ether oxygens (including phenoxy) is 1. The SMILES string of the molecule is C[C@H]1C[C@@H](CS(=O)(=O)NC(=O)OC(C)(C)C)CN(c2ccc(C(F)(F)F)c3ncccc23)C1. The maximum absolute atomic E-state index is 13.4. The minimum atomic E-state index is -4.54. The molecule has 2 aromatic rings. The lowest BCUT2D eigenvalue weighted by Gasteiger charge is -2.38. The van der Waals surface area contributed by atoms with Gasteiger partial charge in [-0.3, -0.25) is 4.98 Å². The number of carbonyl (C=O) groups excluding carboxylic acids is 1. The van der Waals surface area contributed by atoms with E-state index < -0.39 is 33.5 Å². The Morgan fingerprint density at radius 3 is 2.55 bits per heavy atom. The molecule has 182 valence electrons. The van der Waals surface area contributed by atoms with Crippen LogP contribution in [0.2, 0.25) is 0 Å². The van der Waals surface area contributed by atoms with E-state index in [2.05, 4.69) is 4.98 Å². The van der Waals surface area contributed by atoms with Crippen LogP contribution in [0.25, 0.3) is 10.9 Å². The molecule has 2 heterocycles. The van der Waals surface area contributed by atoms with Crippen molar-refractivity contribution in [1.82, 2.24) is 9.71 Å². The first-order valence-corrected chi connectivity index (χ1v) is 12.2. The van der Waals surface area contributed by atoms with Gasteiger partial charge >= 0.3 is 12.3 Å². The minimum absolute atomic E-state index is 0.0921. The van der Waals surface area contributed by atoms with E-state index in [0.717, 1.165) is 6.07 Å². The van der Waals surface area contributed by atoms with Crippen molar-refractivity contribution in [3.8, 4) is 0 Å². The summed E-state index contributed by atoms with van der Waals surface area (Å²) in [5.41, 5.74) is -1.22. The number of fused-ring (bicyclic) bond motifs is 1. The molecule has 0 bridgehead atoms. The Hall–Kier alpha value is -2.56. The van der Waals surface area contributed by atoms with E-state index >= 15 is 0 Å². The van der Waals surface area contributed by atoms with Crippen LogP contribution in [-0.4, -0.2) is 43.9 Å². The Balaban J connectivity index is 1.83. The van der Waals surface area contributed by atoms with Crippen LogP contribution in [0.15, 0.2) is 30.5 Å². The third-order valence-corrected chi connectivity index (χ3v) is 6.62. The van der Waals surface area contributed by atoms with E-state index in [1.807, 2.05) is 16.5 Å². The zero-order chi connectivity index (χ0) is 24.6. The topological polar surface area (TPSA) is 88.6 Å². The van der Waals surface area contributed by atoms with Gasteiger partial charge in [0.15, 0.2) is 0 Å². The quantitative estimate of drug-likeness (QED) is 0.680. The second kappa shape index (κ2) is 9.00. The summed E-state index contributed by atoms with van der Waals surface area (Å²) in [6, 6.07) is 5.59. The van der Waals surface area contributed by atoms with E-state index in [-0.39, 0.29) is 23.1 Å². The molecule has 1 aliphatic rings. The fraction of sp³-hybridized carbons (Fsp3) is 0.545. The molecule has 3 rings (SSSR count). The molecule has 1 aromatic carbocycles. The molecule has 1 amide bonds. The van der Waals surface area contributed by atoms with E-state index in [4.69, 9.17) is 4.74 Å². The van der Waals surface area contributed by atoms with Crippen molar-refractivity contribution in [2.75, 3.05) is 23.7 Å². The van der Waals surface area contributed by atoms with Gasteiger partial charge in [0.25, 0.3) is 0 Å². The number of halogens is 3. The number of hydrogen-bond donors (Lipinski definition) is 1. The molecule has 1 fully saturated rings. The number of aromatic nitrogens is 1. The number of rotatable bonds is 4. The highest BCUT2D eigenvalue weighted by Gasteiger charge is 2.35. The van der Waals surface area contributed by atoms with Crippen LogP contribution >= 0.6 is 0 Å². The number of amides is 1. The van der Waals surface area contributed by atoms with Gasteiger partial charge in [0.05, 0.1) is 16.8 Å². The van der Waals surface area contributed by atoms with Crippen molar-refractivity contribution >= 4 is 32.7 Å². The van der Waals surface area contributed by atoms with Crippen LogP contribution in [0.5, 0.6) is 0 Å². The van der Waals surface area contributed by atoms with E-state index in [1.165, 1.54) is 12.3 Å². The number of alkyl halides is 3. The van der Waals surface area contributed by atoms with Crippen molar-refractivity contribution in [2.45, 2.75) is 45.9 Å². The van der Waals surface area contributed by atoms with Crippen LogP contribution in [-0.2, 0) is 20.9 Å². The Morgan fingerprint density at radius 2 is 1.91 bits per heavy atom. The Bertz CT molecular complexity index is 1130. The second-order valence-electron chi connectivity index (χ2n) is 9.53. The lowest BCUT2D eigenvalue weighted by atomic mass is 9.91. The molecule has 0 aliphatic carbocycles. The second-order valence-corrected chi connectivity index (χ2v) is 11.3. The first-order valence-electron chi connectivity index (χ1n) is 10.6. The van der Waals surface area contributed by atoms with E-state index in [1.54, 1.807) is 32.9 Å². The van der Waals surface area contributed by atoms with Crippen LogP contribution < -0.4 is 9.62 Å². The molecule has 0 spiro atoms. The molecule has 7 nitrogen and oxygen atoms in total. The first-order chi connectivity index (χ1) is 15.1. The van der Waals surface area contributed by atoms with Gasteiger partial charge in [0.1, 0.15) is 5.60 Å². The van der Waals surface area contributed by atoms with Crippen molar-refractivity contribution in [1.29, 1.82) is 0 Å². The van der Waals surface area contributed by atoms with E-state index in [9.17, 15) is 26.4 Å². The standard InChI is InChI=1S/C22H28F3N3O4S/c1-14-10-15(13-33(30,31)27-20(29)32-21(2,3)4)12-28(11-14)18-8-7-17(22(23,24)25)19-16(18)6-5-9-26-19/h5-9,14-15H,10-13H2,1-4H3,(H,27,29)/t14-,15+/m0/s1. The lowest BCUT2D eigenvalue weighted by molar-refractivity contribution is -0.136. The van der Waals surface area contributed by atoms with Gasteiger partial charge in [-0.2, -0.15) is 13.2 Å². The molecule has 1 aromatic heterocycles. The van der Waals surface area contributed by atoms with Crippen LogP contribution in [0.1, 0.15) is 39.7 Å². The highest BCUT2D eigenvalue weighted by atomic mass is 32.2. The van der Waals surface area contributed by atoms with Gasteiger partial charge in [-0.15, -0.1) is 0 Å². The Morgan fingerprint density at radius 1 is 1.21 bits per heavy atom. The first kappa shape index (κ1) is 25.1. The average Bonchev–Trinajstić information content (AvgIpc) is 2.63. The molecule has 0 radical (unpaired) electrons. The van der Waals surface area contributed by atoms with Gasteiger partial charge in [-0.05, 0) is 63.3 Å². The number of pyridine rings is 1. The minimum Gasteiger partial charge on any atom is -0.443 e. The van der Waals surface area contributed by atoms with Crippen molar-refractivity contribution in [3.63, 3.8) is 0 Å². The summed E-state index contributed by atoms with van der Waals surface area (Å²) in [5.74, 6) is -0.540. The number of carbonyl (C=O) groups is 1. The van der Waals surface area contributed by atoms with Gasteiger partial charge in [0, 0.05) is 30.4 Å². The summed E-state index contributed by atoms with van der Waals surface area (Å²) in [6.45, 7) is 7.72. The third-order valence-electron chi connectivity index (χ3n) is 5.23. The Kier molecular flexibility index (Phi) is 6.84. The number of benzene rings is 1. The van der Waals surface area contributed by atoms with Crippen molar-refractivity contribution in [3.05, 3.63) is 36.0 Å². The summed E-state index contributed by atoms with van der Waals surface area (Å²) in [6.07, 6.45) is -3.66. The maximum Gasteiger partial charge on any atom is 0.421 e. The maximum atomic E-state index is 13.4. The van der Waals surface area contributed by atoms with Gasteiger partial charge < -0.3 is 9.64 Å². The number of nitrogens with zero attached hydrogens (tertiary/aromatic N) is 2. The smallest absolute Gasteiger partial charge is 0.421 e. The molecule has 0 saturated carbocycles. The van der Waals surface area contributed by atoms with Gasteiger partial charge in [-0.25, -0.2) is 17.9 Å². The summed E-state index contributed by atoms with van der Waals surface area (Å²) >= 11 is 0. The number of piperidine rings is 1. The molecule has 33 heavy (non-hydrogen) atoms. The molecular formula is C22H28F3N3O4S. The third kappa shape index (κ3) is 6.49. The van der Waals surface area contributed by atoms with E-state index in [0.29, 0.717) is 30.6 Å². The normalized spacial score (nSPS) is 20.0. The fourth-order valence-corrected chi connectivity index (χ4v) is 5.48.